The number of thioether (sulfide) groups is 1. The van der Waals surface area contributed by atoms with Gasteiger partial charge in [-0.15, -0.1) is 11.8 Å². The highest BCUT2D eigenvalue weighted by Gasteiger charge is 2.15. The van der Waals surface area contributed by atoms with Gasteiger partial charge in [0.25, 0.3) is 5.91 Å². The summed E-state index contributed by atoms with van der Waals surface area (Å²) in [5.41, 5.74) is 2.02. The molecule has 0 aliphatic heterocycles. The van der Waals surface area contributed by atoms with Crippen molar-refractivity contribution in [1.82, 2.24) is 4.98 Å². The number of anilines is 1. The molecule has 5 nitrogen and oxygen atoms in total. The molecule has 0 aliphatic carbocycles. The van der Waals surface area contributed by atoms with E-state index < -0.39 is 5.97 Å². The van der Waals surface area contributed by atoms with Crippen LogP contribution < -0.4 is 5.32 Å². The molecular formula is C16H15IN2O3S. The molecular weight excluding hydrogens is 427 g/mol. The van der Waals surface area contributed by atoms with Crippen LogP contribution in [0.15, 0.2) is 41.6 Å². The van der Waals surface area contributed by atoms with Gasteiger partial charge in [0.15, 0.2) is 6.61 Å². The lowest BCUT2D eigenvalue weighted by Gasteiger charge is -2.10. The van der Waals surface area contributed by atoms with Gasteiger partial charge < -0.3 is 10.1 Å². The average molecular weight is 442 g/mol. The smallest absolute Gasteiger partial charge is 0.341 e. The molecule has 0 saturated carbocycles. The van der Waals surface area contributed by atoms with Gasteiger partial charge in [0, 0.05) is 15.5 Å². The van der Waals surface area contributed by atoms with E-state index >= 15 is 0 Å². The summed E-state index contributed by atoms with van der Waals surface area (Å²) in [6.45, 7) is 1.57. The SMILES string of the molecule is CSc1ncccc1C(=O)OCC(=O)Nc1ccc(I)cc1C. The normalized spacial score (nSPS) is 10.2. The van der Waals surface area contributed by atoms with Crippen LogP contribution >= 0.6 is 34.4 Å². The lowest BCUT2D eigenvalue weighted by Crippen LogP contribution is -2.21. The van der Waals surface area contributed by atoms with Crippen molar-refractivity contribution in [1.29, 1.82) is 0 Å². The number of carbonyl (C=O) groups excluding carboxylic acids is 2. The number of aryl methyl sites for hydroxylation is 1. The predicted octanol–water partition coefficient (Wildman–Crippen LogP) is 3.51. The van der Waals surface area contributed by atoms with E-state index in [9.17, 15) is 9.59 Å². The van der Waals surface area contributed by atoms with E-state index in [4.69, 9.17) is 4.74 Å². The number of pyridine rings is 1. The highest BCUT2D eigenvalue weighted by Crippen LogP contribution is 2.19. The number of nitrogens with one attached hydrogen (secondary N) is 1. The van der Waals surface area contributed by atoms with E-state index in [2.05, 4.69) is 32.9 Å². The van der Waals surface area contributed by atoms with E-state index in [1.165, 1.54) is 11.8 Å². The number of nitrogens with zero attached hydrogens (tertiary/aromatic N) is 1. The monoisotopic (exact) mass is 442 g/mol. The van der Waals surface area contributed by atoms with Gasteiger partial charge in [0.05, 0.1) is 5.56 Å². The quantitative estimate of drug-likeness (QED) is 0.436. The molecule has 0 fully saturated rings. The minimum atomic E-state index is -0.558. The fourth-order valence-electron chi connectivity index (χ4n) is 1.87. The Morgan fingerprint density at radius 1 is 1.35 bits per heavy atom. The van der Waals surface area contributed by atoms with Crippen molar-refractivity contribution in [3.63, 3.8) is 0 Å². The third-order valence-electron chi connectivity index (χ3n) is 2.98. The molecule has 7 heteroatoms. The summed E-state index contributed by atoms with van der Waals surface area (Å²) in [5.74, 6) is -0.936. The van der Waals surface area contributed by atoms with E-state index in [-0.39, 0.29) is 12.5 Å². The first kappa shape index (κ1) is 17.7. The summed E-state index contributed by atoms with van der Waals surface area (Å²) >= 11 is 3.55. The molecule has 1 heterocycles. The zero-order valence-electron chi connectivity index (χ0n) is 12.6. The van der Waals surface area contributed by atoms with Crippen LogP contribution in [0.3, 0.4) is 0 Å². The molecule has 120 valence electrons. The number of aromatic nitrogens is 1. The number of ether oxygens (including phenoxy) is 1. The van der Waals surface area contributed by atoms with Crippen molar-refractivity contribution in [2.24, 2.45) is 0 Å². The molecule has 23 heavy (non-hydrogen) atoms. The Hall–Kier alpha value is -1.61. The molecule has 0 unspecified atom stereocenters. The summed E-state index contributed by atoms with van der Waals surface area (Å²) in [6.07, 6.45) is 3.43. The standard InChI is InChI=1S/C16H15IN2O3S/c1-10-8-11(17)5-6-13(10)19-14(20)9-22-16(21)12-4-3-7-18-15(12)23-2/h3-8H,9H2,1-2H3,(H,19,20). The first-order valence-electron chi connectivity index (χ1n) is 6.73. The van der Waals surface area contributed by atoms with E-state index in [1.807, 2.05) is 31.4 Å². The summed E-state index contributed by atoms with van der Waals surface area (Å²) in [7, 11) is 0. The maximum atomic E-state index is 12.0. The van der Waals surface area contributed by atoms with Crippen LogP contribution in [0.25, 0.3) is 0 Å². The predicted molar refractivity (Wildman–Crippen MR) is 98.8 cm³/mol. The maximum Gasteiger partial charge on any atom is 0.341 e. The topological polar surface area (TPSA) is 68.3 Å². The molecule has 1 N–H and O–H groups in total. The summed E-state index contributed by atoms with van der Waals surface area (Å²) < 4.78 is 6.15. The number of halogens is 1. The van der Waals surface area contributed by atoms with Crippen LogP contribution in [0.5, 0.6) is 0 Å². The van der Waals surface area contributed by atoms with Gasteiger partial charge >= 0.3 is 5.97 Å². The van der Waals surface area contributed by atoms with Gasteiger partial charge in [-0.2, -0.15) is 0 Å². The van der Waals surface area contributed by atoms with Crippen LogP contribution in [0.1, 0.15) is 15.9 Å². The molecule has 0 spiro atoms. The third-order valence-corrected chi connectivity index (χ3v) is 4.36. The second-order valence-electron chi connectivity index (χ2n) is 4.64. The molecule has 2 aromatic rings. The number of carbonyl (C=O) groups is 2. The van der Waals surface area contributed by atoms with E-state index in [1.54, 1.807) is 18.3 Å². The maximum absolute atomic E-state index is 12.0. The van der Waals surface area contributed by atoms with Crippen molar-refractivity contribution < 1.29 is 14.3 Å². The minimum Gasteiger partial charge on any atom is -0.452 e. The van der Waals surface area contributed by atoms with Crippen molar-refractivity contribution >= 4 is 51.9 Å². The number of hydrogen-bond donors (Lipinski definition) is 1. The Morgan fingerprint density at radius 2 is 2.13 bits per heavy atom. The molecule has 1 aromatic heterocycles. The van der Waals surface area contributed by atoms with Gasteiger partial charge in [-0.3, -0.25) is 4.79 Å². The van der Waals surface area contributed by atoms with E-state index in [0.717, 1.165) is 9.13 Å². The van der Waals surface area contributed by atoms with Crippen molar-refractivity contribution in [2.75, 3.05) is 18.2 Å². The number of benzene rings is 1. The van der Waals surface area contributed by atoms with Crippen molar-refractivity contribution in [3.05, 3.63) is 51.2 Å². The van der Waals surface area contributed by atoms with Gasteiger partial charge in [-0.05, 0) is 71.7 Å². The van der Waals surface area contributed by atoms with Crippen LogP contribution in [0.4, 0.5) is 5.69 Å². The molecule has 1 amide bonds. The zero-order chi connectivity index (χ0) is 16.8. The molecule has 0 saturated heterocycles. The lowest BCUT2D eigenvalue weighted by molar-refractivity contribution is -0.119. The van der Waals surface area contributed by atoms with Crippen LogP contribution in [0, 0.1) is 10.5 Å². The average Bonchev–Trinajstić information content (AvgIpc) is 2.55. The van der Waals surface area contributed by atoms with E-state index in [0.29, 0.717) is 16.3 Å². The number of hydrogen-bond acceptors (Lipinski definition) is 5. The molecule has 0 bridgehead atoms. The molecule has 0 radical (unpaired) electrons. The Kier molecular flexibility index (Phi) is 6.40. The molecule has 1 aromatic carbocycles. The minimum absolute atomic E-state index is 0.340. The highest BCUT2D eigenvalue weighted by atomic mass is 127. The van der Waals surface area contributed by atoms with Gasteiger partial charge in [-0.25, -0.2) is 9.78 Å². The molecule has 0 aliphatic rings. The summed E-state index contributed by atoms with van der Waals surface area (Å²) in [6, 6.07) is 8.97. The molecule has 2 rings (SSSR count). The van der Waals surface area contributed by atoms with Crippen LogP contribution in [0.2, 0.25) is 0 Å². The first-order chi connectivity index (χ1) is 11.0. The largest absolute Gasteiger partial charge is 0.452 e. The van der Waals surface area contributed by atoms with Gasteiger partial charge in [0.2, 0.25) is 0 Å². The number of rotatable bonds is 5. The summed E-state index contributed by atoms with van der Waals surface area (Å²) in [5, 5.41) is 3.31. The van der Waals surface area contributed by atoms with Crippen LogP contribution in [-0.2, 0) is 9.53 Å². The second-order valence-corrected chi connectivity index (χ2v) is 6.68. The second kappa shape index (κ2) is 8.30. The summed E-state index contributed by atoms with van der Waals surface area (Å²) in [4.78, 5) is 28.1. The van der Waals surface area contributed by atoms with Gasteiger partial charge in [0.1, 0.15) is 5.03 Å². The first-order valence-corrected chi connectivity index (χ1v) is 9.03. The number of amides is 1. The highest BCUT2D eigenvalue weighted by molar-refractivity contribution is 14.1. The lowest BCUT2D eigenvalue weighted by atomic mass is 10.2. The fraction of sp³-hybridized carbons (Fsp3) is 0.188. The van der Waals surface area contributed by atoms with Gasteiger partial charge in [-0.1, -0.05) is 0 Å². The Bertz CT molecular complexity index is 737. The third kappa shape index (κ3) is 4.93. The fourth-order valence-corrected chi connectivity index (χ4v) is 3.06. The number of esters is 1. The Balaban J connectivity index is 1.95. The van der Waals surface area contributed by atoms with Crippen LogP contribution in [-0.4, -0.2) is 29.7 Å². The molecule has 0 atom stereocenters. The van der Waals surface area contributed by atoms with Crippen molar-refractivity contribution in [3.8, 4) is 0 Å². The zero-order valence-corrected chi connectivity index (χ0v) is 15.6. The van der Waals surface area contributed by atoms with Crippen molar-refractivity contribution in [2.45, 2.75) is 11.9 Å². The Morgan fingerprint density at radius 3 is 2.83 bits per heavy atom. The Labute approximate surface area is 152 Å².